The summed E-state index contributed by atoms with van der Waals surface area (Å²) >= 11 is 7.00. The van der Waals surface area contributed by atoms with E-state index in [0.29, 0.717) is 0 Å². The van der Waals surface area contributed by atoms with Gasteiger partial charge in [0.25, 0.3) is 0 Å². The number of hydrogen-bond acceptors (Lipinski definition) is 4. The van der Waals surface area contributed by atoms with E-state index < -0.39 is 22.4 Å². The molecule has 0 saturated carbocycles. The van der Waals surface area contributed by atoms with E-state index in [-0.39, 0.29) is 54.0 Å². The maximum absolute atomic E-state index is 10.1. The van der Waals surface area contributed by atoms with Gasteiger partial charge in [0.15, 0.2) is 0 Å². The Hall–Kier alpha value is 1.46. The van der Waals surface area contributed by atoms with Crippen molar-refractivity contribution in [3.63, 3.8) is 0 Å². The van der Waals surface area contributed by atoms with E-state index in [2.05, 4.69) is 25.3 Å². The number of hydrogen-bond donors (Lipinski definition) is 4. The second-order valence-corrected chi connectivity index (χ2v) is 2.68. The Bertz CT molecular complexity index is 149. The summed E-state index contributed by atoms with van der Waals surface area (Å²) in [5.74, 6) is -2.57. The third-order valence-electron chi connectivity index (χ3n) is 0.805. The second-order valence-electron chi connectivity index (χ2n) is 1.57. The zero-order chi connectivity index (χ0) is 8.31. The van der Waals surface area contributed by atoms with Crippen molar-refractivity contribution in [2.75, 3.05) is 0 Å². The van der Waals surface area contributed by atoms with Gasteiger partial charge in [0.2, 0.25) is 0 Å². The van der Waals surface area contributed by atoms with E-state index in [1.165, 1.54) is 0 Å². The first-order valence-electron chi connectivity index (χ1n) is 2.28. The predicted octanol–water partition coefficient (Wildman–Crippen LogP) is -1.01. The Balaban J connectivity index is -0.000000405. The van der Waals surface area contributed by atoms with Gasteiger partial charge in [-0.3, -0.25) is 9.59 Å². The largest absolute Gasteiger partial charge is 0.480 e. The van der Waals surface area contributed by atoms with E-state index in [0.717, 1.165) is 0 Å². The summed E-state index contributed by atoms with van der Waals surface area (Å²) in [6.45, 7) is 0. The number of carbonyl (C=O) groups is 2. The molecule has 0 spiro atoms. The van der Waals surface area contributed by atoms with Crippen molar-refractivity contribution in [3.05, 3.63) is 0 Å². The molecular weight excluding hydrogens is 321 g/mol. The average Bonchev–Trinajstić information content (AvgIpc) is 1.84. The minimum Gasteiger partial charge on any atom is -0.480 e. The predicted molar refractivity (Wildman–Crippen MR) is 52.3 cm³/mol. The Labute approximate surface area is 120 Å². The molecule has 0 aromatic heterocycles. The Kier molecular flexibility index (Phi) is 14.4. The Morgan fingerprint density at radius 1 is 1.00 bits per heavy atom. The van der Waals surface area contributed by atoms with E-state index in [9.17, 15) is 9.59 Å². The van der Waals surface area contributed by atoms with Gasteiger partial charge < -0.3 is 10.2 Å². The van der Waals surface area contributed by atoms with Gasteiger partial charge in [-0.25, -0.2) is 0 Å². The minimum absolute atomic E-state index is 0. The van der Waals surface area contributed by atoms with Crippen molar-refractivity contribution in [1.82, 2.24) is 0 Å². The van der Waals surface area contributed by atoms with Gasteiger partial charge in [0, 0.05) is 54.0 Å². The standard InChI is InChI=1S/C4H6O4S2.Na.Sb/c5-3(6)1(9)2(10)4(7)8;;/h1-2,9-10H,(H,5,6)(H,7,8);;. The fraction of sp³-hybridized carbons (Fsp3) is 0.500. The van der Waals surface area contributed by atoms with Crippen LogP contribution in [0.4, 0.5) is 0 Å². The van der Waals surface area contributed by atoms with Crippen molar-refractivity contribution in [2.24, 2.45) is 0 Å². The molecule has 0 heterocycles. The molecule has 2 N–H and O–H groups in total. The third-order valence-corrected chi connectivity index (χ3v) is 2.08. The molecule has 2 unspecified atom stereocenters. The minimum atomic E-state index is -1.29. The molecule has 0 aromatic rings. The molecule has 0 aliphatic carbocycles. The van der Waals surface area contributed by atoms with Crippen molar-refractivity contribution >= 4 is 91.2 Å². The fourth-order valence-electron chi connectivity index (χ4n) is 0.270. The van der Waals surface area contributed by atoms with Crippen LogP contribution in [0.2, 0.25) is 0 Å². The van der Waals surface area contributed by atoms with Crippen LogP contribution in [0.3, 0.4) is 0 Å². The molecule has 4 nitrogen and oxygen atoms in total. The van der Waals surface area contributed by atoms with Crippen molar-refractivity contribution in [2.45, 2.75) is 10.5 Å². The van der Waals surface area contributed by atoms with Crippen LogP contribution < -0.4 is 0 Å². The van der Waals surface area contributed by atoms with E-state index in [1.54, 1.807) is 0 Å². The molecule has 64 valence electrons. The smallest absolute Gasteiger partial charge is 0.318 e. The molecule has 12 heavy (non-hydrogen) atoms. The molecule has 0 amide bonds. The van der Waals surface area contributed by atoms with Gasteiger partial charge >= 0.3 is 11.9 Å². The van der Waals surface area contributed by atoms with Crippen molar-refractivity contribution in [1.29, 1.82) is 0 Å². The van der Waals surface area contributed by atoms with Crippen LogP contribution in [-0.2, 0) is 9.59 Å². The molecule has 0 saturated heterocycles. The maximum Gasteiger partial charge on any atom is 0.318 e. The van der Waals surface area contributed by atoms with Gasteiger partial charge in [-0.15, -0.1) is 0 Å². The van der Waals surface area contributed by atoms with Gasteiger partial charge in [0.1, 0.15) is 10.5 Å². The first-order valence-corrected chi connectivity index (χ1v) is 3.32. The molecule has 0 aliphatic rings. The van der Waals surface area contributed by atoms with Gasteiger partial charge in [0.05, 0.1) is 0 Å². The van der Waals surface area contributed by atoms with Crippen LogP contribution >= 0.6 is 25.3 Å². The van der Waals surface area contributed by atoms with Crippen LogP contribution in [0, 0.1) is 0 Å². The first kappa shape index (κ1) is 19.1. The summed E-state index contributed by atoms with van der Waals surface area (Å²) in [5, 5.41) is 13.9. The summed E-state index contributed by atoms with van der Waals surface area (Å²) in [4.78, 5) is 20.1. The zero-order valence-corrected chi connectivity index (χ0v) is 12.5. The molecule has 0 aliphatic heterocycles. The van der Waals surface area contributed by atoms with Gasteiger partial charge in [-0.1, -0.05) is 0 Å². The molecule has 0 rings (SSSR count). The SMILES string of the molecule is O=C(O)C(S)C(S)C(=O)O.[Na].[Sb]. The molecule has 2 atom stereocenters. The van der Waals surface area contributed by atoms with Gasteiger partial charge in [-0.05, 0) is 0 Å². The van der Waals surface area contributed by atoms with E-state index in [1.807, 2.05) is 0 Å². The fourth-order valence-corrected chi connectivity index (χ4v) is 0.525. The number of carboxylic acid groups (broad SMARTS) is 2. The van der Waals surface area contributed by atoms with Crippen molar-refractivity contribution < 1.29 is 19.8 Å². The van der Waals surface area contributed by atoms with Crippen LogP contribution in [0.1, 0.15) is 0 Å². The molecule has 8 heteroatoms. The number of thiol groups is 2. The molecule has 0 fully saturated rings. The quantitative estimate of drug-likeness (QED) is 0.396. The first-order chi connectivity index (χ1) is 4.46. The van der Waals surface area contributed by atoms with Crippen LogP contribution in [0.25, 0.3) is 0 Å². The molecule has 4 radical (unpaired) electrons. The molecule has 0 aromatic carbocycles. The Morgan fingerprint density at radius 3 is 1.25 bits per heavy atom. The summed E-state index contributed by atoms with van der Waals surface area (Å²) in [7, 11) is 0. The molecule has 0 bridgehead atoms. The normalized spacial score (nSPS) is 13.2. The van der Waals surface area contributed by atoms with Gasteiger partial charge in [-0.2, -0.15) is 25.3 Å². The summed E-state index contributed by atoms with van der Waals surface area (Å²) in [6.07, 6.45) is 0. The monoisotopic (exact) mass is 326 g/mol. The number of rotatable bonds is 3. The number of carboxylic acids is 2. The molecular formula is C4H6NaO4S2Sb. The van der Waals surface area contributed by atoms with Crippen LogP contribution in [0.5, 0.6) is 0 Å². The summed E-state index contributed by atoms with van der Waals surface area (Å²) in [5.41, 5.74) is 0. The zero-order valence-electron chi connectivity index (χ0n) is 6.21. The van der Waals surface area contributed by atoms with Crippen molar-refractivity contribution in [3.8, 4) is 0 Å². The summed E-state index contributed by atoms with van der Waals surface area (Å²) in [6, 6.07) is 0. The average molecular weight is 327 g/mol. The van der Waals surface area contributed by atoms with Crippen LogP contribution in [0.15, 0.2) is 0 Å². The number of aliphatic carboxylic acids is 2. The third kappa shape index (κ3) is 6.92. The second kappa shape index (κ2) is 9.03. The van der Waals surface area contributed by atoms with Crippen LogP contribution in [-0.4, -0.2) is 86.6 Å². The van der Waals surface area contributed by atoms with E-state index >= 15 is 0 Å². The Morgan fingerprint density at radius 2 is 1.17 bits per heavy atom. The van der Waals surface area contributed by atoms with E-state index in [4.69, 9.17) is 10.2 Å². The topological polar surface area (TPSA) is 74.6 Å². The summed E-state index contributed by atoms with van der Waals surface area (Å²) < 4.78 is 0. The maximum atomic E-state index is 10.1.